The minimum absolute atomic E-state index is 0.157. The van der Waals surface area contributed by atoms with Gasteiger partial charge in [0.25, 0.3) is 0 Å². The molecule has 2 heterocycles. The van der Waals surface area contributed by atoms with Crippen molar-refractivity contribution >= 4 is 18.2 Å². The van der Waals surface area contributed by atoms with Crippen LogP contribution in [0.2, 0.25) is 0 Å². The van der Waals surface area contributed by atoms with Crippen LogP contribution in [0.15, 0.2) is 23.3 Å². The van der Waals surface area contributed by atoms with Crippen LogP contribution in [0.4, 0.5) is 0 Å². The van der Waals surface area contributed by atoms with E-state index < -0.39 is 59.1 Å². The first kappa shape index (κ1) is 32.8. The van der Waals surface area contributed by atoms with Crippen molar-refractivity contribution in [1.82, 2.24) is 0 Å². The summed E-state index contributed by atoms with van der Waals surface area (Å²) in [6.45, 7) is 15.4. The number of esters is 2. The molecule has 1 N–H and O–H groups in total. The summed E-state index contributed by atoms with van der Waals surface area (Å²) in [6.07, 6.45) is 4.83. The second-order valence-electron chi connectivity index (χ2n) is 16.1. The SMILES string of the molecule is COC1O[C@H]2O[C@H](C3=C[C@@H](OC(C)=O)[C@H]4C(C)(C)CCC[C@]4(C)[C@@]3(O)C=O)O[C@@]23C1=C[C@@H](OC(C)=O)[C@H]1C(C)(C)CCC[C@@]13C. The van der Waals surface area contributed by atoms with E-state index in [-0.39, 0.29) is 34.2 Å². The smallest absolute Gasteiger partial charge is 0.303 e. The number of carbonyl (C=O) groups excluding carboxylic acids is 3. The minimum Gasteiger partial charge on any atom is -0.458 e. The summed E-state index contributed by atoms with van der Waals surface area (Å²) in [4.78, 5) is 38.0. The number of aldehydes is 1. The van der Waals surface area contributed by atoms with E-state index in [1.165, 1.54) is 13.8 Å². The van der Waals surface area contributed by atoms with Crippen molar-refractivity contribution in [2.24, 2.45) is 33.5 Å². The van der Waals surface area contributed by atoms with Crippen LogP contribution >= 0.6 is 0 Å². The van der Waals surface area contributed by atoms with Gasteiger partial charge in [0.2, 0.25) is 0 Å². The minimum atomic E-state index is -1.96. The summed E-state index contributed by atoms with van der Waals surface area (Å²) in [7, 11) is 1.54. The first-order valence-electron chi connectivity index (χ1n) is 16.4. The predicted molar refractivity (Wildman–Crippen MR) is 161 cm³/mol. The van der Waals surface area contributed by atoms with E-state index in [9.17, 15) is 19.5 Å². The molecule has 0 aromatic carbocycles. The van der Waals surface area contributed by atoms with Gasteiger partial charge in [-0.25, -0.2) is 0 Å². The molecule has 10 heteroatoms. The molecule has 2 aliphatic heterocycles. The van der Waals surface area contributed by atoms with Crippen LogP contribution in [-0.4, -0.2) is 72.7 Å². The van der Waals surface area contributed by atoms with E-state index in [0.29, 0.717) is 18.3 Å². The lowest BCUT2D eigenvalue weighted by atomic mass is 9.46. The van der Waals surface area contributed by atoms with Crippen LogP contribution in [0.25, 0.3) is 0 Å². The number of hydrogen-bond donors (Lipinski definition) is 1. The van der Waals surface area contributed by atoms with E-state index in [1.807, 2.05) is 13.0 Å². The summed E-state index contributed by atoms with van der Waals surface area (Å²) in [5, 5.41) is 12.5. The molecule has 6 rings (SSSR count). The van der Waals surface area contributed by atoms with Crippen molar-refractivity contribution in [3.05, 3.63) is 23.3 Å². The molecule has 4 fully saturated rings. The first-order valence-corrected chi connectivity index (χ1v) is 16.4. The normalized spacial score (nSPS) is 47.6. The van der Waals surface area contributed by atoms with E-state index >= 15 is 0 Å². The number of carbonyl (C=O) groups is 3. The van der Waals surface area contributed by atoms with Crippen LogP contribution in [0.5, 0.6) is 0 Å². The van der Waals surface area contributed by atoms with Crippen molar-refractivity contribution in [1.29, 1.82) is 0 Å². The van der Waals surface area contributed by atoms with E-state index in [4.69, 9.17) is 28.4 Å². The van der Waals surface area contributed by atoms with Crippen LogP contribution < -0.4 is 0 Å². The molecular weight excluding hydrogens is 580 g/mol. The Balaban J connectivity index is 1.52. The largest absolute Gasteiger partial charge is 0.458 e. The summed E-state index contributed by atoms with van der Waals surface area (Å²) >= 11 is 0. The van der Waals surface area contributed by atoms with Gasteiger partial charge in [-0.1, -0.05) is 54.4 Å². The van der Waals surface area contributed by atoms with Gasteiger partial charge in [0.1, 0.15) is 12.2 Å². The fourth-order valence-corrected chi connectivity index (χ4v) is 11.1. The summed E-state index contributed by atoms with van der Waals surface area (Å²) in [6, 6.07) is 0. The average Bonchev–Trinajstić information content (AvgIpc) is 3.43. The molecule has 0 amide bonds. The Hall–Kier alpha value is -2.11. The number of aliphatic hydroxyl groups is 1. The van der Waals surface area contributed by atoms with Gasteiger partial charge in [0.05, 0.1) is 0 Å². The quantitative estimate of drug-likeness (QED) is 0.258. The predicted octanol–water partition coefficient (Wildman–Crippen LogP) is 4.77. The average molecular weight is 631 g/mol. The molecule has 6 aliphatic rings. The second-order valence-corrected chi connectivity index (χ2v) is 16.1. The fraction of sp³-hybridized carbons (Fsp3) is 0.800. The monoisotopic (exact) mass is 630 g/mol. The highest BCUT2D eigenvalue weighted by atomic mass is 16.9. The third-order valence-electron chi connectivity index (χ3n) is 12.6. The van der Waals surface area contributed by atoms with E-state index in [1.54, 1.807) is 13.2 Å². The maximum atomic E-state index is 13.2. The molecule has 2 saturated heterocycles. The Morgan fingerprint density at radius 3 is 1.84 bits per heavy atom. The fourth-order valence-electron chi connectivity index (χ4n) is 11.1. The second kappa shape index (κ2) is 10.4. The Morgan fingerprint density at radius 2 is 1.33 bits per heavy atom. The van der Waals surface area contributed by atoms with Gasteiger partial charge in [-0.3, -0.25) is 14.4 Å². The maximum Gasteiger partial charge on any atom is 0.303 e. The molecule has 45 heavy (non-hydrogen) atoms. The standard InChI is InChI=1S/C35H50O10/c1-19(37)41-23-16-21(34(39,18-36)32(7)14-10-12-30(3,4)25(23)32)28-44-29-35(45-28)22(27(40-9)43-29)17-24(42-20(2)38)26-31(5,6)13-11-15-33(26,35)8/h16-18,23-29,39H,10-15H2,1-9H3/t23-,24-,25+,26+,27?,28+,29+,32+,33+,34-,35+/m1/s1. The van der Waals surface area contributed by atoms with Gasteiger partial charge < -0.3 is 33.5 Å². The third-order valence-corrected chi connectivity index (χ3v) is 12.6. The molecule has 0 radical (unpaired) electrons. The van der Waals surface area contributed by atoms with Gasteiger partial charge in [-0.05, 0) is 48.7 Å². The van der Waals surface area contributed by atoms with Crippen molar-refractivity contribution in [3.63, 3.8) is 0 Å². The summed E-state index contributed by atoms with van der Waals surface area (Å²) in [5.41, 5.74) is -4.40. The molecular formula is C35H50O10. The summed E-state index contributed by atoms with van der Waals surface area (Å²) < 4.78 is 37.9. The van der Waals surface area contributed by atoms with E-state index in [2.05, 4.69) is 34.6 Å². The lowest BCUT2D eigenvalue weighted by molar-refractivity contribution is -0.214. The topological polar surface area (TPSA) is 127 Å². The number of hydrogen-bond acceptors (Lipinski definition) is 10. The molecule has 11 atom stereocenters. The molecule has 0 bridgehead atoms. The molecule has 0 aromatic heterocycles. The molecule has 4 aliphatic carbocycles. The van der Waals surface area contributed by atoms with Gasteiger partial charge >= 0.3 is 11.9 Å². The molecule has 0 aromatic rings. The Morgan fingerprint density at radius 1 is 0.822 bits per heavy atom. The molecule has 10 nitrogen and oxygen atoms in total. The van der Waals surface area contributed by atoms with Gasteiger partial charge in [-0.15, -0.1) is 0 Å². The number of fused-ring (bicyclic) bond motifs is 2. The van der Waals surface area contributed by atoms with Gasteiger partial charge in [-0.2, -0.15) is 0 Å². The highest BCUT2D eigenvalue weighted by Crippen LogP contribution is 2.70. The molecule has 1 spiro atoms. The maximum absolute atomic E-state index is 13.2. The highest BCUT2D eigenvalue weighted by molar-refractivity contribution is 5.73. The lowest BCUT2D eigenvalue weighted by Gasteiger charge is -2.61. The molecule has 250 valence electrons. The zero-order chi connectivity index (χ0) is 33.0. The zero-order valence-electron chi connectivity index (χ0n) is 28.1. The van der Waals surface area contributed by atoms with Crippen molar-refractivity contribution < 1.29 is 47.9 Å². The van der Waals surface area contributed by atoms with Crippen molar-refractivity contribution in [2.75, 3.05) is 7.11 Å². The van der Waals surface area contributed by atoms with Crippen LogP contribution in [0, 0.1) is 33.5 Å². The Labute approximate surface area is 266 Å². The summed E-state index contributed by atoms with van der Waals surface area (Å²) in [5.74, 6) is -1.30. The Kier molecular flexibility index (Phi) is 7.62. The molecule has 2 saturated carbocycles. The van der Waals surface area contributed by atoms with Crippen LogP contribution in [-0.2, 0) is 42.8 Å². The highest BCUT2D eigenvalue weighted by Gasteiger charge is 2.77. The number of rotatable bonds is 5. The van der Waals surface area contributed by atoms with E-state index in [0.717, 1.165) is 32.1 Å². The van der Waals surface area contributed by atoms with Gasteiger partial charge in [0.15, 0.2) is 36.4 Å². The van der Waals surface area contributed by atoms with Crippen LogP contribution in [0.1, 0.15) is 93.9 Å². The Bertz CT molecular complexity index is 1330. The first-order chi connectivity index (χ1) is 20.9. The van der Waals surface area contributed by atoms with Gasteiger partial charge in [0, 0.05) is 54.8 Å². The van der Waals surface area contributed by atoms with Crippen LogP contribution in [0.3, 0.4) is 0 Å². The molecule has 1 unspecified atom stereocenters. The number of methoxy groups -OCH3 is 1. The zero-order valence-corrected chi connectivity index (χ0v) is 28.1. The van der Waals surface area contributed by atoms with Crippen molar-refractivity contribution in [2.45, 2.75) is 136 Å². The third kappa shape index (κ3) is 4.34. The van der Waals surface area contributed by atoms with Crippen molar-refractivity contribution in [3.8, 4) is 0 Å². The lowest BCUT2D eigenvalue weighted by Crippen LogP contribution is -2.66. The number of ether oxygens (including phenoxy) is 6.